The number of rotatable bonds is 9. The monoisotopic (exact) mass is 455 g/mol. The van der Waals surface area contributed by atoms with Gasteiger partial charge in [-0.05, 0) is 30.4 Å². The second kappa shape index (κ2) is 10.8. The minimum absolute atomic E-state index is 0.0717. The number of H-pyrrole nitrogens is 1. The Kier molecular flexibility index (Phi) is 7.85. The molecule has 9 nitrogen and oxygen atoms in total. The topological polar surface area (TPSA) is 123 Å². The van der Waals surface area contributed by atoms with Crippen molar-refractivity contribution in [2.45, 2.75) is 18.0 Å². The van der Waals surface area contributed by atoms with Crippen LogP contribution < -0.4 is 21.9 Å². The summed E-state index contributed by atoms with van der Waals surface area (Å²) >= 11 is 1.32. The van der Waals surface area contributed by atoms with Crippen LogP contribution in [0.15, 0.2) is 63.3 Å². The first-order chi connectivity index (χ1) is 15.5. The van der Waals surface area contributed by atoms with Crippen molar-refractivity contribution in [3.8, 4) is 0 Å². The van der Waals surface area contributed by atoms with Gasteiger partial charge in [0.2, 0.25) is 0 Å². The van der Waals surface area contributed by atoms with E-state index in [1.807, 2.05) is 36.6 Å². The van der Waals surface area contributed by atoms with Crippen LogP contribution in [0.5, 0.6) is 0 Å². The molecule has 0 saturated carbocycles. The van der Waals surface area contributed by atoms with Gasteiger partial charge < -0.3 is 15.4 Å². The highest BCUT2D eigenvalue weighted by Crippen LogP contribution is 2.24. The quantitative estimate of drug-likeness (QED) is 0.373. The van der Waals surface area contributed by atoms with Crippen molar-refractivity contribution in [2.75, 3.05) is 37.2 Å². The number of thioether (sulfide) groups is 1. The number of anilines is 2. The van der Waals surface area contributed by atoms with Crippen LogP contribution >= 0.6 is 11.8 Å². The number of ether oxygens (including phenoxy) is 1. The summed E-state index contributed by atoms with van der Waals surface area (Å²) in [4.78, 5) is 46.7. The van der Waals surface area contributed by atoms with Crippen molar-refractivity contribution in [3.05, 3.63) is 80.6 Å². The van der Waals surface area contributed by atoms with E-state index >= 15 is 0 Å². The van der Waals surface area contributed by atoms with Gasteiger partial charge >= 0.3 is 5.69 Å². The summed E-state index contributed by atoms with van der Waals surface area (Å²) in [5.74, 6) is -0.511. The molecule has 0 aliphatic rings. The van der Waals surface area contributed by atoms with Crippen molar-refractivity contribution < 1.29 is 9.53 Å². The molecule has 0 radical (unpaired) electrons. The fourth-order valence-corrected chi connectivity index (χ4v) is 3.85. The van der Waals surface area contributed by atoms with Crippen LogP contribution in [0.2, 0.25) is 0 Å². The van der Waals surface area contributed by atoms with Crippen LogP contribution in [0, 0.1) is 0 Å². The Morgan fingerprint density at radius 1 is 1.22 bits per heavy atom. The van der Waals surface area contributed by atoms with Crippen LogP contribution in [0.1, 0.15) is 22.3 Å². The number of nitrogens with two attached hydrogens (primary N) is 1. The van der Waals surface area contributed by atoms with Crippen LogP contribution in [0.4, 0.5) is 11.5 Å². The van der Waals surface area contributed by atoms with Gasteiger partial charge in [-0.2, -0.15) is 0 Å². The highest BCUT2D eigenvalue weighted by atomic mass is 32.2. The van der Waals surface area contributed by atoms with Crippen molar-refractivity contribution >= 4 is 29.2 Å². The predicted octanol–water partition coefficient (Wildman–Crippen LogP) is 1.97. The molecule has 0 bridgehead atoms. The first kappa shape index (κ1) is 23.3. The van der Waals surface area contributed by atoms with E-state index in [1.165, 1.54) is 21.2 Å². The molecule has 0 spiro atoms. The molecular formula is C22H25N5O4S. The number of pyridine rings is 1. The summed E-state index contributed by atoms with van der Waals surface area (Å²) < 4.78 is 6.37. The van der Waals surface area contributed by atoms with Gasteiger partial charge in [0.1, 0.15) is 10.8 Å². The number of hydrogen-bond donors (Lipinski definition) is 2. The number of benzene rings is 1. The first-order valence-corrected chi connectivity index (χ1v) is 11.2. The fourth-order valence-electron chi connectivity index (χ4n) is 3.30. The summed E-state index contributed by atoms with van der Waals surface area (Å²) in [5, 5.41) is 0.529. The zero-order chi connectivity index (χ0) is 23.1. The van der Waals surface area contributed by atoms with Gasteiger partial charge in [0, 0.05) is 26.5 Å². The minimum atomic E-state index is -0.725. The lowest BCUT2D eigenvalue weighted by Crippen LogP contribution is -2.42. The van der Waals surface area contributed by atoms with Gasteiger partial charge in [-0.25, -0.2) is 9.78 Å². The maximum absolute atomic E-state index is 13.5. The normalized spacial score (nSPS) is 10.8. The molecule has 2 heterocycles. The Balaban J connectivity index is 2.11. The zero-order valence-corrected chi connectivity index (χ0v) is 18.7. The summed E-state index contributed by atoms with van der Waals surface area (Å²) in [7, 11) is 1.56. The van der Waals surface area contributed by atoms with Crippen molar-refractivity contribution in [2.24, 2.45) is 0 Å². The molecule has 168 valence electrons. The third-order valence-corrected chi connectivity index (χ3v) is 5.55. The lowest BCUT2D eigenvalue weighted by atomic mass is 10.2. The molecule has 3 N–H and O–H groups in total. The van der Waals surface area contributed by atoms with E-state index < -0.39 is 17.2 Å². The number of methoxy groups -OCH3 is 1. The molecule has 0 unspecified atom stereocenters. The van der Waals surface area contributed by atoms with Gasteiger partial charge in [-0.1, -0.05) is 30.3 Å². The lowest BCUT2D eigenvalue weighted by molar-refractivity contribution is 0.0979. The molecule has 0 atom stereocenters. The number of amides is 1. The SMILES string of the molecule is COCCCN(C(=O)c1cccnc1SC)c1c(N)n(Cc2ccccc2)c(=O)[nH]c1=O. The Bertz CT molecular complexity index is 1190. The van der Waals surface area contributed by atoms with Crippen molar-refractivity contribution in [3.63, 3.8) is 0 Å². The van der Waals surface area contributed by atoms with Crippen molar-refractivity contribution in [1.82, 2.24) is 14.5 Å². The molecule has 1 amide bonds. The lowest BCUT2D eigenvalue weighted by Gasteiger charge is -2.25. The van der Waals surface area contributed by atoms with Crippen LogP contribution in [0.3, 0.4) is 0 Å². The minimum Gasteiger partial charge on any atom is -0.385 e. The smallest absolute Gasteiger partial charge is 0.330 e. The number of aromatic nitrogens is 3. The third kappa shape index (κ3) is 5.09. The highest BCUT2D eigenvalue weighted by Gasteiger charge is 2.27. The highest BCUT2D eigenvalue weighted by molar-refractivity contribution is 7.98. The molecule has 3 rings (SSSR count). The Labute approximate surface area is 189 Å². The van der Waals surface area contributed by atoms with Gasteiger partial charge in [-0.15, -0.1) is 11.8 Å². The average molecular weight is 456 g/mol. The Morgan fingerprint density at radius 3 is 2.66 bits per heavy atom. The summed E-state index contributed by atoms with van der Waals surface area (Å²) in [6, 6.07) is 12.5. The number of aromatic amines is 1. The first-order valence-electron chi connectivity index (χ1n) is 9.94. The standard InChI is InChI=1S/C22H25N5O4S/c1-31-13-7-12-26(21(29)16-10-6-11-24-20(16)32-2)17-18(23)27(22(30)25-19(17)28)14-15-8-4-3-5-9-15/h3-6,8-11H,7,12-14,23H2,1-2H3,(H,25,28,30). The fraction of sp³-hybridized carbons (Fsp3) is 0.273. The van der Waals surface area contributed by atoms with Gasteiger partial charge in [-0.3, -0.25) is 19.1 Å². The second-order valence-electron chi connectivity index (χ2n) is 6.93. The van der Waals surface area contributed by atoms with Crippen LogP contribution in [0.25, 0.3) is 0 Å². The summed E-state index contributed by atoms with van der Waals surface area (Å²) in [5.41, 5.74) is 6.05. The van der Waals surface area contributed by atoms with E-state index in [0.717, 1.165) is 5.56 Å². The largest absolute Gasteiger partial charge is 0.385 e. The molecule has 32 heavy (non-hydrogen) atoms. The molecule has 0 aliphatic heterocycles. The zero-order valence-electron chi connectivity index (χ0n) is 17.9. The van der Waals surface area contributed by atoms with Gasteiger partial charge in [0.25, 0.3) is 11.5 Å². The summed E-state index contributed by atoms with van der Waals surface area (Å²) in [6.45, 7) is 0.707. The Morgan fingerprint density at radius 2 is 1.97 bits per heavy atom. The third-order valence-electron chi connectivity index (χ3n) is 4.84. The predicted molar refractivity (Wildman–Crippen MR) is 125 cm³/mol. The van der Waals surface area contributed by atoms with E-state index in [4.69, 9.17) is 10.5 Å². The molecule has 10 heteroatoms. The molecule has 0 fully saturated rings. The van der Waals surface area contributed by atoms with Gasteiger partial charge in [0.15, 0.2) is 5.69 Å². The van der Waals surface area contributed by atoms with E-state index in [2.05, 4.69) is 9.97 Å². The van der Waals surface area contributed by atoms with E-state index in [-0.39, 0.29) is 24.6 Å². The van der Waals surface area contributed by atoms with Crippen LogP contribution in [-0.4, -0.2) is 47.0 Å². The maximum atomic E-state index is 13.5. The maximum Gasteiger partial charge on any atom is 0.330 e. The van der Waals surface area contributed by atoms with Gasteiger partial charge in [0.05, 0.1) is 12.1 Å². The number of carbonyl (C=O) groups excluding carboxylic acids is 1. The van der Waals surface area contributed by atoms with E-state index in [9.17, 15) is 14.4 Å². The second-order valence-corrected chi connectivity index (χ2v) is 7.72. The molecule has 0 aliphatic carbocycles. The number of nitrogen functional groups attached to an aromatic ring is 1. The molecule has 2 aromatic heterocycles. The molecule has 0 saturated heterocycles. The van der Waals surface area contributed by atoms with Crippen molar-refractivity contribution in [1.29, 1.82) is 0 Å². The summed E-state index contributed by atoms with van der Waals surface area (Å²) in [6.07, 6.45) is 3.88. The molecule has 1 aromatic carbocycles. The van der Waals surface area contributed by atoms with E-state index in [0.29, 0.717) is 23.6 Å². The van der Waals surface area contributed by atoms with Crippen LogP contribution in [-0.2, 0) is 11.3 Å². The van der Waals surface area contributed by atoms with E-state index in [1.54, 1.807) is 25.4 Å². The number of nitrogens with one attached hydrogen (secondary N) is 1. The number of nitrogens with zero attached hydrogens (tertiary/aromatic N) is 3. The average Bonchev–Trinajstić information content (AvgIpc) is 2.81. The number of carbonyl (C=O) groups is 1. The molecular weight excluding hydrogens is 430 g/mol. The Hall–Kier alpha value is -3.37. The molecule has 3 aromatic rings. The number of hydrogen-bond acceptors (Lipinski definition) is 7.